The van der Waals surface area contributed by atoms with E-state index >= 15 is 0 Å². The first-order valence-corrected chi connectivity index (χ1v) is 6.45. The van der Waals surface area contributed by atoms with Crippen LogP contribution in [-0.4, -0.2) is 11.8 Å². The van der Waals surface area contributed by atoms with Crippen molar-refractivity contribution in [2.75, 3.05) is 11.8 Å². The van der Waals surface area contributed by atoms with Gasteiger partial charge in [-0.25, -0.2) is 0 Å². The van der Waals surface area contributed by atoms with Crippen LogP contribution in [0.4, 0.5) is 0 Å². The first kappa shape index (κ1) is 11.7. The second kappa shape index (κ2) is 5.46. The van der Waals surface area contributed by atoms with E-state index in [9.17, 15) is 0 Å². The summed E-state index contributed by atoms with van der Waals surface area (Å²) in [6, 6.07) is 0. The Bertz CT molecular complexity index is 127. The Hall–Kier alpha value is 0.580. The molecule has 0 spiro atoms. The van der Waals surface area contributed by atoms with Gasteiger partial charge in [0.1, 0.15) is 0 Å². The standard InChI is InChI=1S/C11H20Cl2/c1-2-11(8-12,9-13)7-10-5-3-4-6-10/h10H,2-9H2,1H3. The molecule has 0 N–H and O–H groups in total. The van der Waals surface area contributed by atoms with E-state index in [1.165, 1.54) is 32.1 Å². The van der Waals surface area contributed by atoms with Crippen molar-refractivity contribution in [1.82, 2.24) is 0 Å². The highest BCUT2D eigenvalue weighted by Crippen LogP contribution is 2.39. The van der Waals surface area contributed by atoms with Gasteiger partial charge in [0.05, 0.1) is 0 Å². The van der Waals surface area contributed by atoms with E-state index in [-0.39, 0.29) is 5.41 Å². The average Bonchev–Trinajstić information content (AvgIpc) is 2.67. The number of hydrogen-bond acceptors (Lipinski definition) is 0. The summed E-state index contributed by atoms with van der Waals surface area (Å²) < 4.78 is 0. The van der Waals surface area contributed by atoms with Crippen LogP contribution < -0.4 is 0 Å². The van der Waals surface area contributed by atoms with E-state index < -0.39 is 0 Å². The van der Waals surface area contributed by atoms with Crippen LogP contribution in [0.15, 0.2) is 0 Å². The topological polar surface area (TPSA) is 0 Å². The van der Waals surface area contributed by atoms with Gasteiger partial charge in [-0.05, 0) is 24.2 Å². The molecule has 0 amide bonds. The third kappa shape index (κ3) is 3.02. The Morgan fingerprint density at radius 1 is 1.15 bits per heavy atom. The smallest absolute Gasteiger partial charge is 0.0291 e. The zero-order valence-electron chi connectivity index (χ0n) is 8.49. The first-order valence-electron chi connectivity index (χ1n) is 5.38. The molecule has 0 radical (unpaired) electrons. The largest absolute Gasteiger partial charge is 0.126 e. The van der Waals surface area contributed by atoms with Gasteiger partial charge in [-0.3, -0.25) is 0 Å². The van der Waals surface area contributed by atoms with Crippen molar-refractivity contribution in [2.24, 2.45) is 11.3 Å². The normalized spacial score (nSPS) is 19.6. The van der Waals surface area contributed by atoms with Crippen molar-refractivity contribution < 1.29 is 0 Å². The Morgan fingerprint density at radius 2 is 1.69 bits per heavy atom. The minimum atomic E-state index is 0.220. The van der Waals surface area contributed by atoms with E-state index in [2.05, 4.69) is 6.92 Å². The molecule has 0 aromatic carbocycles. The minimum Gasteiger partial charge on any atom is -0.126 e. The number of rotatable bonds is 5. The molecule has 0 aromatic heterocycles. The third-order valence-electron chi connectivity index (χ3n) is 3.51. The van der Waals surface area contributed by atoms with E-state index in [1.54, 1.807) is 0 Å². The second-order valence-electron chi connectivity index (χ2n) is 4.48. The van der Waals surface area contributed by atoms with E-state index in [0.717, 1.165) is 24.1 Å². The summed E-state index contributed by atoms with van der Waals surface area (Å²) in [5.41, 5.74) is 0.220. The number of alkyl halides is 2. The Balaban J connectivity index is 2.44. The van der Waals surface area contributed by atoms with Crippen LogP contribution in [0.5, 0.6) is 0 Å². The lowest BCUT2D eigenvalue weighted by atomic mass is 9.79. The van der Waals surface area contributed by atoms with Gasteiger partial charge in [-0.2, -0.15) is 0 Å². The van der Waals surface area contributed by atoms with Gasteiger partial charge < -0.3 is 0 Å². The fraction of sp³-hybridized carbons (Fsp3) is 1.00. The molecule has 0 heterocycles. The molecule has 0 aliphatic heterocycles. The van der Waals surface area contributed by atoms with Crippen LogP contribution in [0.3, 0.4) is 0 Å². The molecule has 1 rings (SSSR count). The summed E-state index contributed by atoms with van der Waals surface area (Å²) in [6.45, 7) is 2.21. The molecule has 1 aliphatic carbocycles. The highest BCUT2D eigenvalue weighted by atomic mass is 35.5. The molecular formula is C11H20Cl2. The number of hydrogen-bond donors (Lipinski definition) is 0. The zero-order valence-corrected chi connectivity index (χ0v) is 10.0. The van der Waals surface area contributed by atoms with E-state index in [4.69, 9.17) is 23.2 Å². The predicted molar refractivity (Wildman–Crippen MR) is 60.7 cm³/mol. The molecule has 0 unspecified atom stereocenters. The summed E-state index contributed by atoms with van der Waals surface area (Å²) in [5, 5.41) is 0. The lowest BCUT2D eigenvalue weighted by Crippen LogP contribution is -2.26. The van der Waals surface area contributed by atoms with Crippen molar-refractivity contribution in [3.63, 3.8) is 0 Å². The van der Waals surface area contributed by atoms with Crippen molar-refractivity contribution in [2.45, 2.75) is 45.4 Å². The molecule has 1 fully saturated rings. The molecule has 0 bridgehead atoms. The van der Waals surface area contributed by atoms with Crippen LogP contribution in [0.25, 0.3) is 0 Å². The van der Waals surface area contributed by atoms with Crippen molar-refractivity contribution in [3.05, 3.63) is 0 Å². The SMILES string of the molecule is CCC(CCl)(CCl)CC1CCCC1. The summed E-state index contributed by atoms with van der Waals surface area (Å²) >= 11 is 12.0. The molecule has 2 heteroatoms. The molecule has 13 heavy (non-hydrogen) atoms. The predicted octanol–water partition coefficient (Wildman–Crippen LogP) is 4.44. The molecule has 0 atom stereocenters. The van der Waals surface area contributed by atoms with Crippen LogP contribution in [-0.2, 0) is 0 Å². The van der Waals surface area contributed by atoms with Gasteiger partial charge in [0.25, 0.3) is 0 Å². The summed E-state index contributed by atoms with van der Waals surface area (Å²) in [6.07, 6.45) is 7.99. The number of halogens is 2. The third-order valence-corrected chi connectivity index (χ3v) is 4.65. The summed E-state index contributed by atoms with van der Waals surface area (Å²) in [7, 11) is 0. The van der Waals surface area contributed by atoms with Gasteiger partial charge in [0, 0.05) is 11.8 Å². The Morgan fingerprint density at radius 3 is 2.08 bits per heavy atom. The molecular weight excluding hydrogens is 203 g/mol. The molecule has 1 saturated carbocycles. The zero-order chi connectivity index (χ0) is 9.73. The quantitative estimate of drug-likeness (QED) is 0.604. The summed E-state index contributed by atoms with van der Waals surface area (Å²) in [5.74, 6) is 2.35. The monoisotopic (exact) mass is 222 g/mol. The van der Waals surface area contributed by atoms with Crippen molar-refractivity contribution >= 4 is 23.2 Å². The van der Waals surface area contributed by atoms with Gasteiger partial charge >= 0.3 is 0 Å². The first-order chi connectivity index (χ1) is 6.26. The molecule has 0 aromatic rings. The lowest BCUT2D eigenvalue weighted by molar-refractivity contribution is 0.268. The highest BCUT2D eigenvalue weighted by Gasteiger charge is 2.30. The van der Waals surface area contributed by atoms with Crippen LogP contribution in [0.2, 0.25) is 0 Å². The van der Waals surface area contributed by atoms with Gasteiger partial charge in [-0.15, -0.1) is 23.2 Å². The van der Waals surface area contributed by atoms with Gasteiger partial charge in [-0.1, -0.05) is 32.6 Å². The molecule has 78 valence electrons. The van der Waals surface area contributed by atoms with Gasteiger partial charge in [0.2, 0.25) is 0 Å². The second-order valence-corrected chi connectivity index (χ2v) is 5.01. The minimum absolute atomic E-state index is 0.220. The highest BCUT2D eigenvalue weighted by molar-refractivity contribution is 6.21. The van der Waals surface area contributed by atoms with Gasteiger partial charge in [0.15, 0.2) is 0 Å². The van der Waals surface area contributed by atoms with Crippen LogP contribution in [0, 0.1) is 11.3 Å². The van der Waals surface area contributed by atoms with Crippen LogP contribution >= 0.6 is 23.2 Å². The maximum Gasteiger partial charge on any atom is 0.0291 e. The molecule has 1 aliphatic rings. The summed E-state index contributed by atoms with van der Waals surface area (Å²) in [4.78, 5) is 0. The van der Waals surface area contributed by atoms with Crippen molar-refractivity contribution in [1.29, 1.82) is 0 Å². The Kier molecular flexibility index (Phi) is 4.89. The molecule has 0 nitrogen and oxygen atoms in total. The fourth-order valence-corrected chi connectivity index (χ4v) is 3.19. The average molecular weight is 223 g/mol. The van der Waals surface area contributed by atoms with Crippen molar-refractivity contribution in [3.8, 4) is 0 Å². The maximum atomic E-state index is 6.02. The van der Waals surface area contributed by atoms with E-state index in [0.29, 0.717) is 0 Å². The Labute approximate surface area is 92.0 Å². The fourth-order valence-electron chi connectivity index (χ4n) is 2.31. The van der Waals surface area contributed by atoms with Crippen LogP contribution in [0.1, 0.15) is 45.4 Å². The lowest BCUT2D eigenvalue weighted by Gasteiger charge is -2.31. The molecule has 0 saturated heterocycles. The van der Waals surface area contributed by atoms with E-state index in [1.807, 2.05) is 0 Å². The maximum absolute atomic E-state index is 6.02.